The van der Waals surface area contributed by atoms with Gasteiger partial charge in [0.2, 0.25) is 0 Å². The van der Waals surface area contributed by atoms with Gasteiger partial charge in [-0.05, 0) is 32.0 Å². The molecule has 0 spiro atoms. The van der Waals surface area contributed by atoms with Crippen molar-refractivity contribution >= 4 is 27.5 Å². The van der Waals surface area contributed by atoms with Crippen LogP contribution in [0.1, 0.15) is 37.6 Å². The summed E-state index contributed by atoms with van der Waals surface area (Å²) in [6.07, 6.45) is 2.55. The van der Waals surface area contributed by atoms with Gasteiger partial charge in [-0.15, -0.1) is 0 Å². The lowest BCUT2D eigenvalue weighted by molar-refractivity contribution is 0.504. The Balaban J connectivity index is 2.55. The predicted molar refractivity (Wildman–Crippen MR) is 87.1 cm³/mol. The highest BCUT2D eigenvalue weighted by atomic mass is 79.9. The van der Waals surface area contributed by atoms with Gasteiger partial charge in [0.25, 0.3) is 0 Å². The highest BCUT2D eigenvalue weighted by Crippen LogP contribution is 2.34. The third kappa shape index (κ3) is 3.47. The van der Waals surface area contributed by atoms with Crippen LogP contribution in [0.2, 0.25) is 5.02 Å². The molecule has 1 heterocycles. The minimum absolute atomic E-state index is 0.266. The molecule has 0 amide bonds. The summed E-state index contributed by atoms with van der Waals surface area (Å²) in [6.45, 7) is 5.49. The molecule has 114 valence electrons. The number of aryl methyl sites for hydroxylation is 1. The molecule has 1 N–H and O–H groups in total. The van der Waals surface area contributed by atoms with E-state index in [2.05, 4.69) is 33.3 Å². The molecule has 1 aromatic heterocycles. The maximum Gasteiger partial charge on any atom is 0.129 e. The van der Waals surface area contributed by atoms with Crippen LogP contribution in [0, 0.1) is 5.82 Å². The number of halogens is 3. The Morgan fingerprint density at radius 2 is 2.19 bits per heavy atom. The van der Waals surface area contributed by atoms with Gasteiger partial charge >= 0.3 is 0 Å². The highest BCUT2D eigenvalue weighted by molar-refractivity contribution is 9.10. The summed E-state index contributed by atoms with van der Waals surface area (Å²) >= 11 is 9.73. The minimum atomic E-state index is -0.338. The molecule has 0 aliphatic rings. The molecule has 1 aromatic carbocycles. The van der Waals surface area contributed by atoms with Crippen LogP contribution in [0.25, 0.3) is 0 Å². The average molecular weight is 375 g/mol. The van der Waals surface area contributed by atoms with Crippen LogP contribution >= 0.6 is 27.5 Å². The van der Waals surface area contributed by atoms with Gasteiger partial charge in [0, 0.05) is 16.6 Å². The molecular weight excluding hydrogens is 357 g/mol. The van der Waals surface area contributed by atoms with Crippen LogP contribution in [0.4, 0.5) is 4.39 Å². The van der Waals surface area contributed by atoms with Crippen molar-refractivity contribution < 1.29 is 4.39 Å². The van der Waals surface area contributed by atoms with Gasteiger partial charge in [0.15, 0.2) is 0 Å². The van der Waals surface area contributed by atoms with Crippen LogP contribution in [0.15, 0.2) is 28.9 Å². The van der Waals surface area contributed by atoms with Crippen molar-refractivity contribution in [2.75, 3.05) is 6.54 Å². The van der Waals surface area contributed by atoms with E-state index < -0.39 is 0 Å². The number of hydrogen-bond donors (Lipinski definition) is 1. The zero-order chi connectivity index (χ0) is 15.4. The zero-order valence-electron chi connectivity index (χ0n) is 12.0. The molecule has 0 aliphatic carbocycles. The van der Waals surface area contributed by atoms with Crippen LogP contribution < -0.4 is 5.32 Å². The number of benzene rings is 1. The van der Waals surface area contributed by atoms with Gasteiger partial charge in [0.05, 0.1) is 23.0 Å². The first-order valence-electron chi connectivity index (χ1n) is 6.98. The van der Waals surface area contributed by atoms with Gasteiger partial charge in [-0.1, -0.05) is 40.5 Å². The second kappa shape index (κ2) is 7.38. The Morgan fingerprint density at radius 1 is 1.43 bits per heavy atom. The van der Waals surface area contributed by atoms with E-state index in [0.29, 0.717) is 17.1 Å². The molecule has 0 saturated heterocycles. The molecule has 0 saturated carbocycles. The second-order valence-electron chi connectivity index (χ2n) is 4.72. The lowest BCUT2D eigenvalue weighted by Gasteiger charge is -2.22. The summed E-state index contributed by atoms with van der Waals surface area (Å²) < 4.78 is 16.9. The second-order valence-corrected chi connectivity index (χ2v) is 5.98. The fourth-order valence-electron chi connectivity index (χ4n) is 2.32. The molecule has 1 unspecified atom stereocenters. The van der Waals surface area contributed by atoms with E-state index in [1.807, 2.05) is 13.0 Å². The summed E-state index contributed by atoms with van der Waals surface area (Å²) in [4.78, 5) is 0. The molecule has 2 aromatic rings. The first kappa shape index (κ1) is 16.5. The predicted octanol–water partition coefficient (Wildman–Crippen LogP) is 4.55. The minimum Gasteiger partial charge on any atom is -0.305 e. The molecule has 0 fully saturated rings. The van der Waals surface area contributed by atoms with Gasteiger partial charge < -0.3 is 5.32 Å². The van der Waals surface area contributed by atoms with Gasteiger partial charge in [0.1, 0.15) is 5.82 Å². The smallest absolute Gasteiger partial charge is 0.129 e. The molecule has 6 heteroatoms. The van der Waals surface area contributed by atoms with Crippen LogP contribution in [0.5, 0.6) is 0 Å². The Kier molecular flexibility index (Phi) is 5.79. The van der Waals surface area contributed by atoms with E-state index in [0.717, 1.165) is 23.1 Å². The summed E-state index contributed by atoms with van der Waals surface area (Å²) in [6, 6.07) is 4.63. The van der Waals surface area contributed by atoms with Crippen LogP contribution in [-0.2, 0) is 6.54 Å². The standard InChI is InChI=1S/C15H18BrClFN3/c1-3-8-19-14(13-10(16)6-5-7-12(13)18)15-11(17)9-20-21(15)4-2/h5-7,9,14,19H,3-4,8H2,1-2H3. The van der Waals surface area contributed by atoms with E-state index >= 15 is 0 Å². The number of nitrogens with one attached hydrogen (secondary N) is 1. The van der Waals surface area contributed by atoms with E-state index in [9.17, 15) is 4.39 Å². The first-order valence-corrected chi connectivity index (χ1v) is 8.15. The Bertz CT molecular complexity index is 595. The number of nitrogens with zero attached hydrogens (tertiary/aromatic N) is 2. The van der Waals surface area contributed by atoms with Gasteiger partial charge in [-0.25, -0.2) is 4.39 Å². The Hall–Kier alpha value is -0.910. The monoisotopic (exact) mass is 373 g/mol. The third-order valence-corrected chi connectivity index (χ3v) is 4.28. The lowest BCUT2D eigenvalue weighted by Crippen LogP contribution is -2.27. The van der Waals surface area contributed by atoms with Gasteiger partial charge in [-0.3, -0.25) is 4.68 Å². The van der Waals surface area contributed by atoms with Crippen molar-refractivity contribution in [1.29, 1.82) is 0 Å². The van der Waals surface area contributed by atoms with E-state index in [1.54, 1.807) is 16.9 Å². The Labute approximate surface area is 137 Å². The quantitative estimate of drug-likeness (QED) is 0.804. The normalized spacial score (nSPS) is 12.6. The molecular formula is C15H18BrClFN3. The maximum atomic E-state index is 14.3. The topological polar surface area (TPSA) is 29.9 Å². The van der Waals surface area contributed by atoms with Crippen molar-refractivity contribution in [3.63, 3.8) is 0 Å². The third-order valence-electron chi connectivity index (χ3n) is 3.29. The van der Waals surface area contributed by atoms with Crippen LogP contribution in [-0.4, -0.2) is 16.3 Å². The summed E-state index contributed by atoms with van der Waals surface area (Å²) in [7, 11) is 0. The Morgan fingerprint density at radius 3 is 2.81 bits per heavy atom. The average Bonchev–Trinajstić information content (AvgIpc) is 2.83. The molecule has 2 rings (SSSR count). The van der Waals surface area contributed by atoms with Crippen molar-refractivity contribution in [3.05, 3.63) is 51.0 Å². The summed E-state index contributed by atoms with van der Waals surface area (Å²) in [5, 5.41) is 8.17. The van der Waals surface area contributed by atoms with Gasteiger partial charge in [-0.2, -0.15) is 5.10 Å². The first-order chi connectivity index (χ1) is 10.1. The highest BCUT2D eigenvalue weighted by Gasteiger charge is 2.25. The fraction of sp³-hybridized carbons (Fsp3) is 0.400. The van der Waals surface area contributed by atoms with Crippen molar-refractivity contribution in [2.45, 2.75) is 32.9 Å². The number of hydrogen-bond acceptors (Lipinski definition) is 2. The molecule has 0 bridgehead atoms. The fourth-order valence-corrected chi connectivity index (χ4v) is 3.14. The van der Waals surface area contributed by atoms with E-state index in [4.69, 9.17) is 11.6 Å². The molecule has 0 radical (unpaired) electrons. The van der Waals surface area contributed by atoms with E-state index in [-0.39, 0.29) is 11.9 Å². The maximum absolute atomic E-state index is 14.3. The molecule has 0 aliphatic heterocycles. The summed E-state index contributed by atoms with van der Waals surface area (Å²) in [5.41, 5.74) is 1.35. The van der Waals surface area contributed by atoms with Crippen molar-refractivity contribution in [3.8, 4) is 0 Å². The molecule has 1 atom stereocenters. The largest absolute Gasteiger partial charge is 0.305 e. The number of rotatable bonds is 6. The molecule has 3 nitrogen and oxygen atoms in total. The zero-order valence-corrected chi connectivity index (χ0v) is 14.4. The van der Waals surface area contributed by atoms with E-state index in [1.165, 1.54) is 6.07 Å². The van der Waals surface area contributed by atoms with Crippen molar-refractivity contribution in [1.82, 2.24) is 15.1 Å². The lowest BCUT2D eigenvalue weighted by atomic mass is 10.0. The molecule has 21 heavy (non-hydrogen) atoms. The summed E-state index contributed by atoms with van der Waals surface area (Å²) in [5.74, 6) is -0.266. The SMILES string of the molecule is CCCNC(c1c(F)cccc1Br)c1c(Cl)cnn1CC. The number of aromatic nitrogens is 2. The van der Waals surface area contributed by atoms with Crippen molar-refractivity contribution in [2.24, 2.45) is 0 Å². The van der Waals surface area contributed by atoms with Crippen LogP contribution in [0.3, 0.4) is 0 Å².